The lowest BCUT2D eigenvalue weighted by atomic mass is 9.44. The van der Waals surface area contributed by atoms with Crippen molar-refractivity contribution in [3.05, 3.63) is 23.8 Å². The predicted octanol–water partition coefficient (Wildman–Crippen LogP) is 3.05. The fourth-order valence-electron chi connectivity index (χ4n) is 8.11. The second kappa shape index (κ2) is 7.94. The molecule has 1 aliphatic heterocycles. The molecule has 0 amide bonds. The summed E-state index contributed by atoms with van der Waals surface area (Å²) in [6.45, 7) is 6.67. The zero-order chi connectivity index (χ0) is 26.5. The first kappa shape index (κ1) is 26.0. The molecule has 7 nitrogen and oxygen atoms in total. The van der Waals surface area contributed by atoms with Crippen LogP contribution >= 0.6 is 12.6 Å². The molecule has 1 heterocycles. The van der Waals surface area contributed by atoms with Crippen molar-refractivity contribution in [2.45, 2.75) is 76.3 Å². The molecule has 10 heteroatoms. The van der Waals surface area contributed by atoms with Gasteiger partial charge in [0.05, 0.1) is 19.3 Å². The Morgan fingerprint density at radius 1 is 1.17 bits per heavy atom. The summed E-state index contributed by atoms with van der Waals surface area (Å²) in [5.74, 6) is -5.26. The van der Waals surface area contributed by atoms with Gasteiger partial charge in [0, 0.05) is 29.6 Å². The highest BCUT2D eigenvalue weighted by atomic mass is 32.1. The third-order valence-corrected chi connectivity index (χ3v) is 10.3. The van der Waals surface area contributed by atoms with Gasteiger partial charge in [0.1, 0.15) is 6.17 Å². The summed E-state index contributed by atoms with van der Waals surface area (Å²) in [4.78, 5) is 38.5. The topological polar surface area (TPSA) is 99.1 Å². The van der Waals surface area contributed by atoms with Crippen LogP contribution in [0.3, 0.4) is 0 Å². The molecule has 4 aliphatic carbocycles. The number of carbonyl (C=O) groups is 3. The quantitative estimate of drug-likeness (QED) is 0.431. The van der Waals surface area contributed by atoms with Crippen molar-refractivity contribution in [2.24, 2.45) is 28.6 Å². The minimum absolute atomic E-state index is 0.0221. The molecule has 5 aliphatic rings. The van der Waals surface area contributed by atoms with Crippen LogP contribution in [0.15, 0.2) is 23.8 Å². The minimum Gasteiger partial charge on any atom is -0.445 e. The molecule has 0 spiro atoms. The highest BCUT2D eigenvalue weighted by Crippen LogP contribution is 2.71. The first-order chi connectivity index (χ1) is 16.7. The molecule has 5 unspecified atom stereocenters. The standard InChI is InChI=1S/C26H32F2O7S/c1-13-9-15-16-11-18(27)17-10-14(29)5-6-22(17,2)25(16,28)19(30)12-23(15,3)26(13,21(32)36)35-20(31)24(4)33-7-8-34-24/h5-6,10,13,15-16,18-19,30H,7-9,11-12H2,1-4H3,(H,32,36)/t13?,15-,16-,18?,19?,22-,23-,25?,26?/m0/s1. The maximum Gasteiger partial charge on any atom is 0.367 e. The van der Waals surface area contributed by atoms with Crippen LogP contribution in [0.25, 0.3) is 0 Å². The Kier molecular flexibility index (Phi) is 5.74. The number of halogens is 2. The second-order valence-electron chi connectivity index (χ2n) is 11.6. The Morgan fingerprint density at radius 2 is 1.81 bits per heavy atom. The summed E-state index contributed by atoms with van der Waals surface area (Å²) < 4.78 is 49.7. The number of aliphatic hydroxyl groups is 1. The number of thiol groups is 1. The van der Waals surface area contributed by atoms with Crippen molar-refractivity contribution < 1.29 is 42.5 Å². The van der Waals surface area contributed by atoms with Crippen molar-refractivity contribution in [3.63, 3.8) is 0 Å². The first-order valence-electron chi connectivity index (χ1n) is 12.4. The molecular formula is C26H32F2O7S. The summed E-state index contributed by atoms with van der Waals surface area (Å²) >= 11 is 4.14. The van der Waals surface area contributed by atoms with Gasteiger partial charge in [0.25, 0.3) is 5.79 Å². The number of ether oxygens (including phenoxy) is 3. The number of allylic oxidation sites excluding steroid dienone is 4. The van der Waals surface area contributed by atoms with Gasteiger partial charge in [-0.05, 0) is 49.8 Å². The highest BCUT2D eigenvalue weighted by molar-refractivity contribution is 7.96. The van der Waals surface area contributed by atoms with Gasteiger partial charge in [-0.3, -0.25) is 9.59 Å². The lowest BCUT2D eigenvalue weighted by molar-refractivity contribution is -0.245. The molecule has 5 rings (SSSR count). The van der Waals surface area contributed by atoms with Gasteiger partial charge in [-0.1, -0.05) is 19.9 Å². The molecule has 1 N–H and O–H groups in total. The molecular weight excluding hydrogens is 494 g/mol. The Bertz CT molecular complexity index is 1090. The van der Waals surface area contributed by atoms with Crippen LogP contribution in [0.5, 0.6) is 0 Å². The van der Waals surface area contributed by atoms with Crippen molar-refractivity contribution in [1.29, 1.82) is 0 Å². The van der Waals surface area contributed by atoms with Gasteiger partial charge in [-0.15, -0.1) is 12.6 Å². The zero-order valence-corrected chi connectivity index (χ0v) is 21.6. The molecule has 0 aromatic carbocycles. The number of hydrogen-bond donors (Lipinski definition) is 2. The van der Waals surface area contributed by atoms with Gasteiger partial charge in [-0.25, -0.2) is 13.6 Å². The Labute approximate surface area is 214 Å². The molecule has 0 radical (unpaired) electrons. The van der Waals surface area contributed by atoms with Gasteiger partial charge in [0.15, 0.2) is 17.1 Å². The smallest absolute Gasteiger partial charge is 0.367 e. The van der Waals surface area contributed by atoms with Gasteiger partial charge < -0.3 is 19.3 Å². The van der Waals surface area contributed by atoms with Gasteiger partial charge in [0.2, 0.25) is 5.12 Å². The Hall–Kier alpha value is -1.62. The van der Waals surface area contributed by atoms with E-state index in [2.05, 4.69) is 12.6 Å². The lowest BCUT2D eigenvalue weighted by Gasteiger charge is -2.63. The van der Waals surface area contributed by atoms with Crippen LogP contribution in [0.2, 0.25) is 0 Å². The maximum atomic E-state index is 17.3. The number of rotatable bonds is 3. The van der Waals surface area contributed by atoms with E-state index in [4.69, 9.17) is 14.2 Å². The fourth-order valence-corrected chi connectivity index (χ4v) is 8.63. The number of alkyl halides is 2. The van der Waals surface area contributed by atoms with E-state index in [1.165, 1.54) is 26.0 Å². The molecule has 9 atom stereocenters. The zero-order valence-electron chi connectivity index (χ0n) is 20.8. The molecule has 36 heavy (non-hydrogen) atoms. The van der Waals surface area contributed by atoms with Crippen LogP contribution in [0.1, 0.15) is 47.0 Å². The average molecular weight is 527 g/mol. The van der Waals surface area contributed by atoms with Crippen LogP contribution in [-0.2, 0) is 28.6 Å². The third kappa shape index (κ3) is 2.98. The number of esters is 1. The number of aliphatic hydroxyl groups excluding tert-OH is 1. The van der Waals surface area contributed by atoms with Gasteiger partial charge in [-0.2, -0.15) is 0 Å². The van der Waals surface area contributed by atoms with E-state index in [1.807, 2.05) is 0 Å². The van der Waals surface area contributed by atoms with E-state index in [1.54, 1.807) is 13.8 Å². The molecule has 1 saturated heterocycles. The maximum absolute atomic E-state index is 17.3. The van der Waals surface area contributed by atoms with Crippen LogP contribution in [-0.4, -0.2) is 64.5 Å². The molecule has 0 aromatic rings. The summed E-state index contributed by atoms with van der Waals surface area (Å²) in [5, 5.41) is 10.7. The van der Waals surface area contributed by atoms with E-state index in [9.17, 15) is 19.5 Å². The average Bonchev–Trinajstić information content (AvgIpc) is 3.33. The van der Waals surface area contributed by atoms with E-state index >= 15 is 8.78 Å². The minimum atomic E-state index is -2.30. The van der Waals surface area contributed by atoms with Crippen molar-refractivity contribution in [3.8, 4) is 0 Å². The van der Waals surface area contributed by atoms with E-state index < -0.39 is 74.8 Å². The third-order valence-electron chi connectivity index (χ3n) is 9.95. The van der Waals surface area contributed by atoms with Crippen molar-refractivity contribution in [1.82, 2.24) is 0 Å². The molecule has 198 valence electrons. The largest absolute Gasteiger partial charge is 0.445 e. The highest BCUT2D eigenvalue weighted by Gasteiger charge is 2.78. The number of carbonyl (C=O) groups excluding carboxylic acids is 3. The molecule has 0 aromatic heterocycles. The number of ketones is 1. The SMILES string of the molecule is CC1C[C@H]2[C@@H]3CC(F)C4=CC(=O)C=C[C@]4(C)C3(F)C(O)C[C@]2(C)C1(OC(=O)C1(C)OCCO1)C(=O)S. The summed E-state index contributed by atoms with van der Waals surface area (Å²) in [6, 6.07) is 0. The summed E-state index contributed by atoms with van der Waals surface area (Å²) in [5.41, 5.74) is -6.89. The normalized spacial score (nSPS) is 49.1. The summed E-state index contributed by atoms with van der Waals surface area (Å²) in [7, 11) is 0. The fraction of sp³-hybridized carbons (Fsp3) is 0.731. The Balaban J connectivity index is 1.60. The van der Waals surface area contributed by atoms with E-state index in [-0.39, 0.29) is 38.0 Å². The van der Waals surface area contributed by atoms with Crippen LogP contribution in [0, 0.1) is 28.6 Å². The first-order valence-corrected chi connectivity index (χ1v) is 12.8. The predicted molar refractivity (Wildman–Crippen MR) is 126 cm³/mol. The number of hydrogen-bond acceptors (Lipinski definition) is 7. The van der Waals surface area contributed by atoms with Crippen molar-refractivity contribution >= 4 is 29.5 Å². The summed E-state index contributed by atoms with van der Waals surface area (Å²) in [6.07, 6.45) is 0.225. The van der Waals surface area contributed by atoms with Crippen LogP contribution in [0.4, 0.5) is 8.78 Å². The monoisotopic (exact) mass is 526 g/mol. The van der Waals surface area contributed by atoms with E-state index in [0.29, 0.717) is 0 Å². The lowest BCUT2D eigenvalue weighted by Crippen LogP contribution is -2.71. The van der Waals surface area contributed by atoms with Gasteiger partial charge >= 0.3 is 5.97 Å². The van der Waals surface area contributed by atoms with Crippen LogP contribution < -0.4 is 0 Å². The molecule has 3 saturated carbocycles. The molecule has 0 bridgehead atoms. The van der Waals surface area contributed by atoms with E-state index in [0.717, 1.165) is 6.08 Å². The number of fused-ring (bicyclic) bond motifs is 5. The Morgan fingerprint density at radius 3 is 2.42 bits per heavy atom. The van der Waals surface area contributed by atoms with Crippen molar-refractivity contribution in [2.75, 3.05) is 13.2 Å². The molecule has 4 fully saturated rings. The second-order valence-corrected chi connectivity index (χ2v) is 12.0.